The Morgan fingerprint density at radius 2 is 2.00 bits per heavy atom. The lowest BCUT2D eigenvalue weighted by molar-refractivity contribution is 0.414. The average molecular weight is 364 g/mol. The van der Waals surface area contributed by atoms with Crippen LogP contribution in [0.1, 0.15) is 27.7 Å². The van der Waals surface area contributed by atoms with Crippen LogP contribution in [0.25, 0.3) is 0 Å². The highest BCUT2D eigenvalue weighted by atomic mass is 79.9. The summed E-state index contributed by atoms with van der Waals surface area (Å²) >= 11 is 3.26. The summed E-state index contributed by atoms with van der Waals surface area (Å²) in [6.07, 6.45) is 1.58. The van der Waals surface area contributed by atoms with E-state index in [1.807, 2.05) is 13.8 Å². The summed E-state index contributed by atoms with van der Waals surface area (Å²) < 4.78 is 28.1. The van der Waals surface area contributed by atoms with E-state index in [9.17, 15) is 8.42 Å². The fourth-order valence-corrected chi connectivity index (χ4v) is 3.26. The Morgan fingerprint density at radius 1 is 1.35 bits per heavy atom. The molecular weight excluding hydrogens is 342 g/mol. The van der Waals surface area contributed by atoms with Gasteiger partial charge in [-0.05, 0) is 40.8 Å². The van der Waals surface area contributed by atoms with Gasteiger partial charge in [0.2, 0.25) is 10.0 Å². The van der Waals surface area contributed by atoms with Gasteiger partial charge < -0.3 is 5.32 Å². The summed E-state index contributed by atoms with van der Waals surface area (Å²) in [4.78, 5) is 4.29. The van der Waals surface area contributed by atoms with Crippen LogP contribution in [0.2, 0.25) is 0 Å². The van der Waals surface area contributed by atoms with Gasteiger partial charge in [-0.3, -0.25) is 0 Å². The van der Waals surface area contributed by atoms with Crippen molar-refractivity contribution in [1.82, 2.24) is 9.71 Å². The van der Waals surface area contributed by atoms with Gasteiger partial charge in [0.1, 0.15) is 10.7 Å². The van der Waals surface area contributed by atoms with Crippen LogP contribution in [0, 0.1) is 11.8 Å². The maximum Gasteiger partial charge on any atom is 0.244 e. The van der Waals surface area contributed by atoms with Crippen molar-refractivity contribution >= 4 is 31.8 Å². The molecule has 0 saturated carbocycles. The van der Waals surface area contributed by atoms with Gasteiger partial charge in [-0.25, -0.2) is 18.1 Å². The maximum atomic E-state index is 12.4. The number of hydrogen-bond acceptors (Lipinski definition) is 4. The van der Waals surface area contributed by atoms with Crippen LogP contribution in [0.4, 0.5) is 5.82 Å². The molecule has 1 aromatic rings. The van der Waals surface area contributed by atoms with Gasteiger partial charge in [-0.15, -0.1) is 0 Å². The molecule has 20 heavy (non-hydrogen) atoms. The summed E-state index contributed by atoms with van der Waals surface area (Å²) in [7, 11) is -3.57. The number of aromatic nitrogens is 1. The van der Waals surface area contributed by atoms with Gasteiger partial charge in [0.25, 0.3) is 0 Å². The maximum absolute atomic E-state index is 12.4. The summed E-state index contributed by atoms with van der Waals surface area (Å²) in [6.45, 7) is 9.09. The number of sulfonamides is 1. The number of rotatable bonds is 7. The SMILES string of the molecule is CCNc1ncc(Br)cc1S(=O)(=O)NCC(C)C(C)C. The molecule has 2 N–H and O–H groups in total. The topological polar surface area (TPSA) is 71.1 Å². The third-order valence-electron chi connectivity index (χ3n) is 3.19. The number of halogens is 1. The molecule has 1 unspecified atom stereocenters. The van der Waals surface area contributed by atoms with Gasteiger partial charge in [0.05, 0.1) is 0 Å². The second-order valence-corrected chi connectivity index (χ2v) is 7.75. The minimum absolute atomic E-state index is 0.171. The Kier molecular flexibility index (Phi) is 6.42. The van der Waals surface area contributed by atoms with Crippen molar-refractivity contribution < 1.29 is 8.42 Å². The molecule has 0 bridgehead atoms. The predicted octanol–water partition coefficient (Wildman–Crippen LogP) is 2.85. The lowest BCUT2D eigenvalue weighted by Crippen LogP contribution is -2.31. The Bertz CT molecular complexity index is 547. The minimum atomic E-state index is -3.57. The molecule has 0 spiro atoms. The van der Waals surface area contributed by atoms with Crippen molar-refractivity contribution in [3.05, 3.63) is 16.7 Å². The Morgan fingerprint density at radius 3 is 2.55 bits per heavy atom. The van der Waals surface area contributed by atoms with Gasteiger partial charge >= 0.3 is 0 Å². The molecule has 7 heteroatoms. The molecule has 0 aliphatic rings. The average Bonchev–Trinajstić information content (AvgIpc) is 2.38. The highest BCUT2D eigenvalue weighted by molar-refractivity contribution is 9.10. The standard InChI is InChI=1S/C13H22BrN3O2S/c1-5-15-13-12(6-11(14)8-16-13)20(18,19)17-7-10(4)9(2)3/h6,8-10,17H,5,7H2,1-4H3,(H,15,16). The molecule has 1 rings (SSSR count). The Balaban J connectivity index is 2.99. The first kappa shape index (κ1) is 17.4. The van der Waals surface area contributed by atoms with E-state index in [0.29, 0.717) is 29.3 Å². The number of pyridine rings is 1. The molecule has 1 atom stereocenters. The summed E-state index contributed by atoms with van der Waals surface area (Å²) in [5, 5.41) is 2.97. The first-order chi connectivity index (χ1) is 9.27. The summed E-state index contributed by atoms with van der Waals surface area (Å²) in [6, 6.07) is 1.56. The molecule has 5 nitrogen and oxygen atoms in total. The van der Waals surface area contributed by atoms with Crippen molar-refractivity contribution in [2.24, 2.45) is 11.8 Å². The van der Waals surface area contributed by atoms with E-state index < -0.39 is 10.0 Å². The van der Waals surface area contributed by atoms with E-state index in [-0.39, 0.29) is 10.8 Å². The lowest BCUT2D eigenvalue weighted by atomic mass is 9.99. The Labute approximate surface area is 129 Å². The molecule has 1 heterocycles. The quantitative estimate of drug-likeness (QED) is 0.781. The minimum Gasteiger partial charge on any atom is -0.369 e. The largest absolute Gasteiger partial charge is 0.369 e. The van der Waals surface area contributed by atoms with Gasteiger partial charge in [-0.1, -0.05) is 20.8 Å². The van der Waals surface area contributed by atoms with E-state index in [0.717, 1.165) is 0 Å². The van der Waals surface area contributed by atoms with E-state index >= 15 is 0 Å². The normalized spacial score (nSPS) is 13.5. The van der Waals surface area contributed by atoms with Crippen LogP contribution in [0.3, 0.4) is 0 Å². The molecular formula is C13H22BrN3O2S. The van der Waals surface area contributed by atoms with Crippen molar-refractivity contribution in [2.45, 2.75) is 32.6 Å². The number of nitrogens with zero attached hydrogens (tertiary/aromatic N) is 1. The summed E-state index contributed by atoms with van der Waals surface area (Å²) in [5.74, 6) is 1.07. The van der Waals surface area contributed by atoms with Crippen molar-refractivity contribution in [1.29, 1.82) is 0 Å². The zero-order chi connectivity index (χ0) is 15.3. The molecule has 1 aromatic heterocycles. The molecule has 0 amide bonds. The first-order valence-electron chi connectivity index (χ1n) is 6.67. The number of nitrogens with one attached hydrogen (secondary N) is 2. The van der Waals surface area contributed by atoms with Crippen LogP contribution in [0.5, 0.6) is 0 Å². The van der Waals surface area contributed by atoms with Gasteiger partial charge in [0.15, 0.2) is 0 Å². The molecule has 0 fully saturated rings. The van der Waals surface area contributed by atoms with Crippen molar-refractivity contribution in [3.63, 3.8) is 0 Å². The first-order valence-corrected chi connectivity index (χ1v) is 8.94. The van der Waals surface area contributed by atoms with Crippen LogP contribution < -0.4 is 10.0 Å². The van der Waals surface area contributed by atoms with E-state index in [2.05, 4.69) is 44.8 Å². The van der Waals surface area contributed by atoms with E-state index in [1.165, 1.54) is 0 Å². The smallest absolute Gasteiger partial charge is 0.244 e. The fourth-order valence-electron chi connectivity index (χ4n) is 1.48. The second-order valence-electron chi connectivity index (χ2n) is 5.10. The van der Waals surface area contributed by atoms with Crippen LogP contribution >= 0.6 is 15.9 Å². The molecule has 0 radical (unpaired) electrons. The lowest BCUT2D eigenvalue weighted by Gasteiger charge is -2.17. The van der Waals surface area contributed by atoms with Crippen LogP contribution in [0.15, 0.2) is 21.6 Å². The molecule has 0 aliphatic heterocycles. The monoisotopic (exact) mass is 363 g/mol. The van der Waals surface area contributed by atoms with Gasteiger partial charge in [0, 0.05) is 23.8 Å². The van der Waals surface area contributed by atoms with Crippen LogP contribution in [-0.4, -0.2) is 26.5 Å². The van der Waals surface area contributed by atoms with E-state index in [1.54, 1.807) is 12.3 Å². The second kappa shape index (κ2) is 7.38. The molecule has 0 saturated heterocycles. The number of hydrogen-bond donors (Lipinski definition) is 2. The zero-order valence-corrected chi connectivity index (χ0v) is 14.7. The Hall–Kier alpha value is -0.660. The predicted molar refractivity (Wildman–Crippen MR) is 85.3 cm³/mol. The molecule has 0 aromatic carbocycles. The zero-order valence-electron chi connectivity index (χ0n) is 12.3. The summed E-state index contributed by atoms with van der Waals surface area (Å²) in [5.41, 5.74) is 0. The highest BCUT2D eigenvalue weighted by Crippen LogP contribution is 2.23. The third kappa shape index (κ3) is 4.71. The third-order valence-corrected chi connectivity index (χ3v) is 5.06. The molecule has 0 aliphatic carbocycles. The van der Waals surface area contributed by atoms with E-state index in [4.69, 9.17) is 0 Å². The van der Waals surface area contributed by atoms with Crippen molar-refractivity contribution in [3.8, 4) is 0 Å². The van der Waals surface area contributed by atoms with Crippen molar-refractivity contribution in [2.75, 3.05) is 18.4 Å². The highest BCUT2D eigenvalue weighted by Gasteiger charge is 2.21. The van der Waals surface area contributed by atoms with Gasteiger partial charge in [-0.2, -0.15) is 0 Å². The van der Waals surface area contributed by atoms with Crippen LogP contribution in [-0.2, 0) is 10.0 Å². The molecule has 114 valence electrons. The fraction of sp³-hybridized carbons (Fsp3) is 0.615. The number of anilines is 1.